The molecule has 2 fully saturated rings. The van der Waals surface area contributed by atoms with Crippen LogP contribution in [0.3, 0.4) is 0 Å². The third-order valence-corrected chi connectivity index (χ3v) is 5.63. The number of ether oxygens (including phenoxy) is 1. The average Bonchev–Trinajstić information content (AvgIpc) is 2.52. The number of hydrogen-bond acceptors (Lipinski definition) is 3. The number of rotatable bonds is 2. The zero-order chi connectivity index (χ0) is 18.8. The van der Waals surface area contributed by atoms with Crippen LogP contribution in [0.4, 0.5) is 4.79 Å². The van der Waals surface area contributed by atoms with Crippen molar-refractivity contribution in [2.45, 2.75) is 78.9 Å². The Labute approximate surface area is 153 Å². The second-order valence-corrected chi connectivity index (χ2v) is 9.16. The highest BCUT2D eigenvalue weighted by Gasteiger charge is 2.36. The number of carbonyl (C=O) groups excluding carboxylic acids is 2. The fraction of sp³-hybridized carbons (Fsp3) is 0.900. The molecular weight excluding hydrogens is 316 g/mol. The Balaban J connectivity index is 1.86. The first kappa shape index (κ1) is 20.1. The molecular formula is C20H36N2O3. The summed E-state index contributed by atoms with van der Waals surface area (Å²) in [6, 6.07) is -0.000414. The van der Waals surface area contributed by atoms with Crippen LogP contribution < -0.4 is 0 Å². The van der Waals surface area contributed by atoms with E-state index in [2.05, 4.69) is 13.8 Å². The van der Waals surface area contributed by atoms with E-state index >= 15 is 0 Å². The van der Waals surface area contributed by atoms with Gasteiger partial charge in [-0.1, -0.05) is 13.8 Å². The van der Waals surface area contributed by atoms with E-state index in [4.69, 9.17) is 4.74 Å². The standard InChI is InChI=1S/C20H36N2O3/c1-14(2)16-7-9-17(10-8-16)18(23)21-11-12-22(15(3)13-21)19(24)25-20(4,5)6/h14-17H,7-13H2,1-6H3/t15-,16-,17+/m0/s1. The van der Waals surface area contributed by atoms with Gasteiger partial charge in [-0.3, -0.25) is 4.79 Å². The summed E-state index contributed by atoms with van der Waals surface area (Å²) in [5.41, 5.74) is -0.487. The lowest BCUT2D eigenvalue weighted by Gasteiger charge is -2.42. The zero-order valence-corrected chi connectivity index (χ0v) is 16.9. The maximum absolute atomic E-state index is 12.9. The molecule has 0 aromatic heterocycles. The molecule has 1 aliphatic heterocycles. The van der Waals surface area contributed by atoms with E-state index in [-0.39, 0.29) is 24.0 Å². The molecule has 2 aliphatic rings. The molecule has 0 spiro atoms. The summed E-state index contributed by atoms with van der Waals surface area (Å²) < 4.78 is 5.48. The van der Waals surface area contributed by atoms with E-state index in [1.807, 2.05) is 32.6 Å². The molecule has 1 atom stereocenters. The van der Waals surface area contributed by atoms with Crippen LogP contribution in [0.5, 0.6) is 0 Å². The average molecular weight is 353 g/mol. The fourth-order valence-electron chi connectivity index (χ4n) is 4.04. The van der Waals surface area contributed by atoms with E-state index in [9.17, 15) is 9.59 Å². The Hall–Kier alpha value is -1.26. The lowest BCUT2D eigenvalue weighted by molar-refractivity contribution is -0.139. The van der Waals surface area contributed by atoms with Gasteiger partial charge in [0.1, 0.15) is 5.60 Å². The smallest absolute Gasteiger partial charge is 0.410 e. The molecule has 2 amide bonds. The van der Waals surface area contributed by atoms with Gasteiger partial charge < -0.3 is 14.5 Å². The van der Waals surface area contributed by atoms with Crippen LogP contribution in [-0.2, 0) is 9.53 Å². The summed E-state index contributed by atoms with van der Waals surface area (Å²) >= 11 is 0. The van der Waals surface area contributed by atoms with Crippen molar-refractivity contribution in [3.63, 3.8) is 0 Å². The van der Waals surface area contributed by atoms with Crippen LogP contribution >= 0.6 is 0 Å². The van der Waals surface area contributed by atoms with Crippen molar-refractivity contribution in [2.75, 3.05) is 19.6 Å². The van der Waals surface area contributed by atoms with Crippen LogP contribution in [0.1, 0.15) is 67.2 Å². The number of hydrogen-bond donors (Lipinski definition) is 0. The molecule has 1 aliphatic carbocycles. The lowest BCUT2D eigenvalue weighted by Crippen LogP contribution is -2.57. The third kappa shape index (κ3) is 5.35. The topological polar surface area (TPSA) is 49.9 Å². The number of carbonyl (C=O) groups is 2. The second-order valence-electron chi connectivity index (χ2n) is 9.16. The highest BCUT2D eigenvalue weighted by molar-refractivity contribution is 5.79. The molecule has 25 heavy (non-hydrogen) atoms. The van der Waals surface area contributed by atoms with Gasteiger partial charge in [-0.05, 0) is 65.2 Å². The summed E-state index contributed by atoms with van der Waals surface area (Å²) in [7, 11) is 0. The van der Waals surface area contributed by atoms with Crippen molar-refractivity contribution in [1.29, 1.82) is 0 Å². The van der Waals surface area contributed by atoms with Gasteiger partial charge in [-0.15, -0.1) is 0 Å². The van der Waals surface area contributed by atoms with Gasteiger partial charge in [0.2, 0.25) is 5.91 Å². The largest absolute Gasteiger partial charge is 0.444 e. The predicted octanol–water partition coefficient (Wildman–Crippen LogP) is 3.92. The van der Waals surface area contributed by atoms with Crippen LogP contribution in [0.25, 0.3) is 0 Å². The zero-order valence-electron chi connectivity index (χ0n) is 16.9. The minimum Gasteiger partial charge on any atom is -0.444 e. The Kier molecular flexibility index (Phi) is 6.39. The number of amides is 2. The molecule has 144 valence electrons. The van der Waals surface area contributed by atoms with Gasteiger partial charge in [-0.2, -0.15) is 0 Å². The molecule has 5 heteroatoms. The highest BCUT2D eigenvalue weighted by Crippen LogP contribution is 2.34. The Morgan fingerprint density at radius 2 is 1.64 bits per heavy atom. The predicted molar refractivity (Wildman–Crippen MR) is 99.3 cm³/mol. The minimum absolute atomic E-state index is 0.000414. The van der Waals surface area contributed by atoms with Crippen LogP contribution in [0.2, 0.25) is 0 Å². The molecule has 1 saturated carbocycles. The van der Waals surface area contributed by atoms with Crippen LogP contribution in [0.15, 0.2) is 0 Å². The maximum Gasteiger partial charge on any atom is 0.410 e. The molecule has 0 bridgehead atoms. The highest BCUT2D eigenvalue weighted by atomic mass is 16.6. The molecule has 1 saturated heterocycles. The Morgan fingerprint density at radius 3 is 2.12 bits per heavy atom. The van der Waals surface area contributed by atoms with E-state index in [1.54, 1.807) is 4.90 Å². The van der Waals surface area contributed by atoms with Crippen molar-refractivity contribution >= 4 is 12.0 Å². The van der Waals surface area contributed by atoms with Gasteiger partial charge in [-0.25, -0.2) is 4.79 Å². The first-order valence-electron chi connectivity index (χ1n) is 9.87. The molecule has 0 aromatic carbocycles. The lowest BCUT2D eigenvalue weighted by atomic mass is 9.76. The van der Waals surface area contributed by atoms with Gasteiger partial charge in [0.25, 0.3) is 0 Å². The number of piperazine rings is 1. The summed E-state index contributed by atoms with van der Waals surface area (Å²) in [6.07, 6.45) is 4.10. The van der Waals surface area contributed by atoms with Crippen molar-refractivity contribution < 1.29 is 14.3 Å². The summed E-state index contributed by atoms with van der Waals surface area (Å²) in [6.45, 7) is 14.0. The molecule has 5 nitrogen and oxygen atoms in total. The molecule has 0 unspecified atom stereocenters. The summed E-state index contributed by atoms with van der Waals surface area (Å²) in [5, 5.41) is 0. The maximum atomic E-state index is 12.9. The first-order valence-corrected chi connectivity index (χ1v) is 9.87. The van der Waals surface area contributed by atoms with Crippen molar-refractivity contribution in [1.82, 2.24) is 9.80 Å². The van der Waals surface area contributed by atoms with Crippen molar-refractivity contribution in [3.05, 3.63) is 0 Å². The minimum atomic E-state index is -0.487. The van der Waals surface area contributed by atoms with E-state index in [0.29, 0.717) is 25.6 Å². The van der Waals surface area contributed by atoms with E-state index in [1.165, 1.54) is 12.8 Å². The first-order chi connectivity index (χ1) is 11.6. The molecule has 1 heterocycles. The third-order valence-electron chi connectivity index (χ3n) is 5.63. The van der Waals surface area contributed by atoms with Crippen LogP contribution in [0, 0.1) is 17.8 Å². The Bertz CT molecular complexity index is 476. The van der Waals surface area contributed by atoms with Gasteiger partial charge >= 0.3 is 6.09 Å². The fourth-order valence-corrected chi connectivity index (χ4v) is 4.04. The summed E-state index contributed by atoms with van der Waals surface area (Å²) in [4.78, 5) is 28.9. The van der Waals surface area contributed by atoms with Gasteiger partial charge in [0.05, 0.1) is 0 Å². The van der Waals surface area contributed by atoms with Crippen LogP contribution in [-0.4, -0.2) is 53.1 Å². The molecule has 0 N–H and O–H groups in total. The summed E-state index contributed by atoms with van der Waals surface area (Å²) in [5.74, 6) is 1.95. The van der Waals surface area contributed by atoms with Crippen molar-refractivity contribution in [3.8, 4) is 0 Å². The van der Waals surface area contributed by atoms with E-state index < -0.39 is 5.60 Å². The molecule has 0 aromatic rings. The second kappa shape index (κ2) is 7.96. The van der Waals surface area contributed by atoms with Crippen molar-refractivity contribution in [2.24, 2.45) is 17.8 Å². The van der Waals surface area contributed by atoms with E-state index in [0.717, 1.165) is 18.8 Å². The van der Waals surface area contributed by atoms with Gasteiger partial charge in [0, 0.05) is 31.6 Å². The Morgan fingerprint density at radius 1 is 1.04 bits per heavy atom. The number of nitrogens with zero attached hydrogens (tertiary/aromatic N) is 2. The molecule has 2 rings (SSSR count). The van der Waals surface area contributed by atoms with Gasteiger partial charge in [0.15, 0.2) is 0 Å². The monoisotopic (exact) mass is 352 g/mol. The normalized spacial score (nSPS) is 28.2. The quantitative estimate of drug-likeness (QED) is 0.757. The SMILES string of the molecule is CC(C)[C@H]1CC[C@@H](C(=O)N2CCN(C(=O)OC(C)(C)C)[C@@H](C)C2)CC1. The molecule has 0 radical (unpaired) electrons.